The summed E-state index contributed by atoms with van der Waals surface area (Å²) in [5.74, 6) is -0.274. The van der Waals surface area contributed by atoms with E-state index in [4.69, 9.17) is 11.6 Å². The van der Waals surface area contributed by atoms with Crippen LogP contribution in [0.5, 0.6) is 0 Å². The van der Waals surface area contributed by atoms with Crippen molar-refractivity contribution in [1.29, 1.82) is 5.26 Å². The molecular weight excluding hydrogens is 248 g/mol. The summed E-state index contributed by atoms with van der Waals surface area (Å²) >= 11 is 5.43. The summed E-state index contributed by atoms with van der Waals surface area (Å²) in [4.78, 5) is 11.1. The molecule has 18 heavy (non-hydrogen) atoms. The molecule has 4 heteroatoms. The molecule has 0 bridgehead atoms. The molecule has 0 saturated heterocycles. The average Bonchev–Trinajstić information content (AvgIpc) is 2.89. The number of hydrogen-bond donors (Lipinski definition) is 1. The number of alkyl halides is 1. The van der Waals surface area contributed by atoms with E-state index in [0.29, 0.717) is 0 Å². The van der Waals surface area contributed by atoms with Gasteiger partial charge in [-0.05, 0) is 30.5 Å². The predicted octanol–water partition coefficient (Wildman–Crippen LogP) is 3.20. The van der Waals surface area contributed by atoms with E-state index in [9.17, 15) is 10.1 Å². The van der Waals surface area contributed by atoms with Crippen molar-refractivity contribution in [2.24, 2.45) is 0 Å². The quantitative estimate of drug-likeness (QED) is 0.851. The van der Waals surface area contributed by atoms with Crippen LogP contribution in [0, 0.1) is 11.3 Å². The Kier molecular flexibility index (Phi) is 3.88. The van der Waals surface area contributed by atoms with E-state index in [1.54, 1.807) is 0 Å². The van der Waals surface area contributed by atoms with E-state index in [1.807, 2.05) is 24.3 Å². The first-order valence-corrected chi connectivity index (χ1v) is 6.61. The number of nitrogens with zero attached hydrogens (tertiary/aromatic N) is 1. The van der Waals surface area contributed by atoms with Gasteiger partial charge in [-0.1, -0.05) is 25.0 Å². The van der Waals surface area contributed by atoms with Crippen molar-refractivity contribution in [3.8, 4) is 6.07 Å². The van der Waals surface area contributed by atoms with Crippen LogP contribution in [0.1, 0.15) is 31.2 Å². The van der Waals surface area contributed by atoms with Crippen molar-refractivity contribution >= 4 is 23.2 Å². The Bertz CT molecular complexity index is 470. The fourth-order valence-corrected chi connectivity index (χ4v) is 2.58. The molecule has 1 saturated carbocycles. The van der Waals surface area contributed by atoms with Crippen molar-refractivity contribution in [2.75, 3.05) is 11.2 Å². The third kappa shape index (κ3) is 2.49. The highest BCUT2D eigenvalue weighted by Gasteiger charge is 2.35. The molecule has 0 spiro atoms. The summed E-state index contributed by atoms with van der Waals surface area (Å²) < 4.78 is 0. The first-order valence-electron chi connectivity index (χ1n) is 6.08. The Hall–Kier alpha value is -1.53. The van der Waals surface area contributed by atoms with Gasteiger partial charge in [-0.3, -0.25) is 4.79 Å². The number of nitriles is 1. The zero-order valence-corrected chi connectivity index (χ0v) is 10.8. The molecule has 1 aromatic carbocycles. The van der Waals surface area contributed by atoms with Gasteiger partial charge >= 0.3 is 0 Å². The van der Waals surface area contributed by atoms with Gasteiger partial charge in [0.25, 0.3) is 0 Å². The molecule has 0 radical (unpaired) electrons. The lowest BCUT2D eigenvalue weighted by Gasteiger charge is -2.20. The third-order valence-corrected chi connectivity index (χ3v) is 3.76. The summed E-state index contributed by atoms with van der Waals surface area (Å²) in [7, 11) is 0. The second kappa shape index (κ2) is 5.41. The van der Waals surface area contributed by atoms with Crippen molar-refractivity contribution in [1.82, 2.24) is 0 Å². The molecule has 0 heterocycles. The van der Waals surface area contributed by atoms with E-state index in [-0.39, 0.29) is 17.2 Å². The molecule has 94 valence electrons. The number of carbonyl (C=O) groups excluding carboxylic acids is 1. The lowest BCUT2D eigenvalue weighted by molar-refractivity contribution is -0.113. The van der Waals surface area contributed by atoms with Crippen LogP contribution in [0.4, 0.5) is 5.69 Å². The minimum atomic E-state index is -0.324. The number of amides is 1. The number of hydrogen-bond acceptors (Lipinski definition) is 2. The fraction of sp³-hybridized carbons (Fsp3) is 0.429. The SMILES string of the molecule is N#CC1(c2ccc(NC(=O)CCl)cc2)CCCC1. The monoisotopic (exact) mass is 262 g/mol. The van der Waals surface area contributed by atoms with E-state index in [1.165, 1.54) is 0 Å². The minimum absolute atomic E-state index is 0.0517. The largest absolute Gasteiger partial charge is 0.325 e. The number of anilines is 1. The highest BCUT2D eigenvalue weighted by atomic mass is 35.5. The van der Waals surface area contributed by atoms with E-state index >= 15 is 0 Å². The number of halogens is 1. The molecule has 3 nitrogen and oxygen atoms in total. The first-order chi connectivity index (χ1) is 8.70. The Labute approximate surface area is 112 Å². The Morgan fingerprint density at radius 3 is 2.44 bits per heavy atom. The van der Waals surface area contributed by atoms with Gasteiger partial charge in [0.15, 0.2) is 0 Å². The van der Waals surface area contributed by atoms with Gasteiger partial charge in [-0.2, -0.15) is 5.26 Å². The standard InChI is InChI=1S/C14H15ClN2O/c15-9-13(18)17-12-5-3-11(4-6-12)14(10-16)7-1-2-8-14/h3-6H,1-2,7-9H2,(H,17,18). The van der Waals surface area contributed by atoms with Crippen LogP contribution in [0.3, 0.4) is 0 Å². The fourth-order valence-electron chi connectivity index (χ4n) is 2.51. The first kappa shape index (κ1) is 12.9. The summed E-state index contributed by atoms with van der Waals surface area (Å²) in [6, 6.07) is 9.98. The summed E-state index contributed by atoms with van der Waals surface area (Å²) in [5.41, 5.74) is 1.44. The smallest absolute Gasteiger partial charge is 0.239 e. The van der Waals surface area contributed by atoms with Gasteiger partial charge in [0, 0.05) is 5.69 Å². The number of nitrogens with one attached hydrogen (secondary N) is 1. The lowest BCUT2D eigenvalue weighted by atomic mass is 9.80. The van der Waals surface area contributed by atoms with E-state index < -0.39 is 0 Å². The third-order valence-electron chi connectivity index (χ3n) is 3.51. The lowest BCUT2D eigenvalue weighted by Crippen LogP contribution is -2.19. The van der Waals surface area contributed by atoms with Gasteiger partial charge in [-0.15, -0.1) is 11.6 Å². The van der Waals surface area contributed by atoms with Crippen LogP contribution in [-0.2, 0) is 10.2 Å². The number of rotatable bonds is 3. The molecule has 1 aromatic rings. The molecular formula is C14H15ClN2O. The van der Waals surface area contributed by atoms with Gasteiger partial charge in [-0.25, -0.2) is 0 Å². The van der Waals surface area contributed by atoms with Crippen LogP contribution >= 0.6 is 11.6 Å². The molecule has 1 aliphatic rings. The van der Waals surface area contributed by atoms with Crippen LogP contribution in [0.15, 0.2) is 24.3 Å². The van der Waals surface area contributed by atoms with Gasteiger partial charge in [0.05, 0.1) is 11.5 Å². The Morgan fingerprint density at radius 2 is 1.94 bits per heavy atom. The zero-order chi connectivity index (χ0) is 13.0. The van der Waals surface area contributed by atoms with Gasteiger partial charge in [0.1, 0.15) is 5.88 Å². The van der Waals surface area contributed by atoms with Crippen molar-refractivity contribution in [3.05, 3.63) is 29.8 Å². The van der Waals surface area contributed by atoms with Gasteiger partial charge in [0.2, 0.25) is 5.91 Å². The normalized spacial score (nSPS) is 17.1. The van der Waals surface area contributed by atoms with E-state index in [0.717, 1.165) is 36.9 Å². The molecule has 0 aromatic heterocycles. The molecule has 2 rings (SSSR count). The van der Waals surface area contributed by atoms with Crippen LogP contribution in [0.25, 0.3) is 0 Å². The minimum Gasteiger partial charge on any atom is -0.325 e. The Morgan fingerprint density at radius 1 is 1.33 bits per heavy atom. The summed E-state index contributed by atoms with van der Waals surface area (Å²) in [6.07, 6.45) is 4.07. The van der Waals surface area contributed by atoms with Crippen molar-refractivity contribution < 1.29 is 4.79 Å². The maximum absolute atomic E-state index is 11.1. The van der Waals surface area contributed by atoms with Crippen LogP contribution in [-0.4, -0.2) is 11.8 Å². The molecule has 0 unspecified atom stereocenters. The van der Waals surface area contributed by atoms with Crippen LogP contribution in [0.2, 0.25) is 0 Å². The highest BCUT2D eigenvalue weighted by molar-refractivity contribution is 6.29. The molecule has 1 N–H and O–H groups in total. The zero-order valence-electron chi connectivity index (χ0n) is 10.1. The molecule has 1 aliphatic carbocycles. The van der Waals surface area contributed by atoms with Crippen molar-refractivity contribution in [2.45, 2.75) is 31.1 Å². The van der Waals surface area contributed by atoms with E-state index in [2.05, 4.69) is 11.4 Å². The number of carbonyl (C=O) groups is 1. The molecule has 1 fully saturated rings. The maximum Gasteiger partial charge on any atom is 0.239 e. The average molecular weight is 263 g/mol. The predicted molar refractivity (Wildman–Crippen MR) is 71.6 cm³/mol. The topological polar surface area (TPSA) is 52.9 Å². The van der Waals surface area contributed by atoms with Gasteiger partial charge < -0.3 is 5.32 Å². The molecule has 1 amide bonds. The maximum atomic E-state index is 11.1. The number of benzene rings is 1. The summed E-state index contributed by atoms with van der Waals surface area (Å²) in [6.45, 7) is 0. The Balaban J connectivity index is 2.17. The van der Waals surface area contributed by atoms with Crippen LogP contribution < -0.4 is 5.32 Å². The van der Waals surface area contributed by atoms with Crippen molar-refractivity contribution in [3.63, 3.8) is 0 Å². The molecule has 0 aliphatic heterocycles. The molecule has 0 atom stereocenters. The highest BCUT2D eigenvalue weighted by Crippen LogP contribution is 2.40. The second-order valence-electron chi connectivity index (χ2n) is 4.66. The summed E-state index contributed by atoms with van der Waals surface area (Å²) in [5, 5.41) is 12.1. The second-order valence-corrected chi connectivity index (χ2v) is 4.93.